The highest BCUT2D eigenvalue weighted by Gasteiger charge is 2.27. The molecule has 204 valence electrons. The highest BCUT2D eigenvalue weighted by atomic mass is 19.3. The van der Waals surface area contributed by atoms with Gasteiger partial charge in [0.2, 0.25) is 5.95 Å². The molecule has 0 saturated carbocycles. The van der Waals surface area contributed by atoms with E-state index in [9.17, 15) is 8.78 Å². The summed E-state index contributed by atoms with van der Waals surface area (Å²) in [7, 11) is 0. The van der Waals surface area contributed by atoms with E-state index >= 15 is 0 Å². The van der Waals surface area contributed by atoms with E-state index in [0.717, 1.165) is 58.5 Å². The predicted molar refractivity (Wildman–Crippen MR) is 141 cm³/mol. The lowest BCUT2D eigenvalue weighted by Crippen LogP contribution is -2.44. The number of alkyl halides is 2. The molecule has 5 heterocycles. The number of morpholine rings is 1. The number of fused-ring (bicyclic) bond motifs is 1. The maximum atomic E-state index is 14.1. The van der Waals surface area contributed by atoms with Crippen LogP contribution in [0.15, 0.2) is 30.3 Å². The summed E-state index contributed by atoms with van der Waals surface area (Å²) in [6.45, 7) is 7.19. The van der Waals surface area contributed by atoms with Gasteiger partial charge in [-0.1, -0.05) is 12.1 Å². The van der Waals surface area contributed by atoms with Crippen molar-refractivity contribution < 1.29 is 18.3 Å². The number of para-hydroxylation sites is 2. The molecule has 2 aromatic heterocycles. The molecule has 3 aromatic rings. The summed E-state index contributed by atoms with van der Waals surface area (Å²) in [6.07, 6.45) is 1.77. The number of benzene rings is 1. The van der Waals surface area contributed by atoms with Crippen LogP contribution in [0.3, 0.4) is 0 Å². The quantitative estimate of drug-likeness (QED) is 0.496. The molecule has 0 spiro atoms. The van der Waals surface area contributed by atoms with Gasteiger partial charge in [0.05, 0.1) is 24.2 Å². The Morgan fingerprint density at radius 1 is 0.895 bits per heavy atom. The summed E-state index contributed by atoms with van der Waals surface area (Å²) in [5.41, 5.74) is 1.11. The molecule has 0 bridgehead atoms. The molecular weight excluding hydrogens is 492 g/mol. The van der Waals surface area contributed by atoms with Gasteiger partial charge in [-0.25, -0.2) is 13.8 Å². The van der Waals surface area contributed by atoms with E-state index in [1.807, 2.05) is 11.0 Å². The Bertz CT molecular complexity index is 1220. The standard InChI is InChI=1S/C27H35F2N7O2/c28-25(29)26-31-21-3-1-2-4-22(21)36(26)24-17-23(32-27(33-24)35-11-15-38-16-12-35)30-18-19-5-9-34(10-6-19)20-7-13-37-14-8-20/h1-4,17,19-20,25H,5-16,18H2,(H,30,32,33). The SMILES string of the molecule is FC(F)c1nc2ccccc2n1-c1cc(NCC2CCN(C3CCOCC3)CC2)nc(N2CCOCC2)n1. The Labute approximate surface area is 221 Å². The van der Waals surface area contributed by atoms with Crippen LogP contribution in [0, 0.1) is 5.92 Å². The Hall–Kier alpha value is -2.89. The molecule has 6 rings (SSSR count). The van der Waals surface area contributed by atoms with Crippen LogP contribution in [0.25, 0.3) is 16.9 Å². The van der Waals surface area contributed by atoms with Gasteiger partial charge in [-0.15, -0.1) is 0 Å². The third-order valence-electron chi connectivity index (χ3n) is 7.93. The Balaban J connectivity index is 1.24. The van der Waals surface area contributed by atoms with Gasteiger partial charge in [0.15, 0.2) is 5.82 Å². The van der Waals surface area contributed by atoms with Crippen molar-refractivity contribution in [3.63, 3.8) is 0 Å². The summed E-state index contributed by atoms with van der Waals surface area (Å²) < 4.78 is 40.7. The number of halogens is 2. The smallest absolute Gasteiger partial charge is 0.296 e. The van der Waals surface area contributed by atoms with Gasteiger partial charge < -0.3 is 24.6 Å². The van der Waals surface area contributed by atoms with Crippen molar-refractivity contribution in [2.24, 2.45) is 5.92 Å². The third kappa shape index (κ3) is 5.45. The first-order valence-electron chi connectivity index (χ1n) is 13.7. The van der Waals surface area contributed by atoms with E-state index in [2.05, 4.69) is 15.2 Å². The zero-order valence-corrected chi connectivity index (χ0v) is 21.6. The average Bonchev–Trinajstić information content (AvgIpc) is 3.37. The molecule has 0 amide bonds. The third-order valence-corrected chi connectivity index (χ3v) is 7.93. The van der Waals surface area contributed by atoms with E-state index in [-0.39, 0.29) is 5.82 Å². The fraction of sp³-hybridized carbons (Fsp3) is 0.593. The van der Waals surface area contributed by atoms with Crippen molar-refractivity contribution in [3.05, 3.63) is 36.2 Å². The van der Waals surface area contributed by atoms with Crippen LogP contribution in [0.2, 0.25) is 0 Å². The van der Waals surface area contributed by atoms with Crippen molar-refractivity contribution in [1.82, 2.24) is 24.4 Å². The zero-order chi connectivity index (χ0) is 25.9. The van der Waals surface area contributed by atoms with Crippen LogP contribution in [-0.4, -0.2) is 89.6 Å². The van der Waals surface area contributed by atoms with E-state index in [1.54, 1.807) is 24.3 Å². The topological polar surface area (TPSA) is 80.6 Å². The minimum atomic E-state index is -2.73. The van der Waals surface area contributed by atoms with Crippen molar-refractivity contribution in [3.8, 4) is 5.82 Å². The van der Waals surface area contributed by atoms with Crippen LogP contribution in [0.4, 0.5) is 20.5 Å². The first kappa shape index (κ1) is 25.4. The van der Waals surface area contributed by atoms with Gasteiger partial charge in [-0.3, -0.25) is 4.57 Å². The van der Waals surface area contributed by atoms with Gasteiger partial charge in [-0.05, 0) is 56.8 Å². The number of anilines is 2. The molecule has 1 N–H and O–H groups in total. The first-order chi connectivity index (χ1) is 18.7. The van der Waals surface area contributed by atoms with Crippen LogP contribution in [0.5, 0.6) is 0 Å². The van der Waals surface area contributed by atoms with Gasteiger partial charge in [0, 0.05) is 45.0 Å². The second kappa shape index (κ2) is 11.5. The maximum Gasteiger partial charge on any atom is 0.296 e. The number of nitrogens with one attached hydrogen (secondary N) is 1. The molecule has 3 aliphatic rings. The van der Waals surface area contributed by atoms with E-state index in [0.29, 0.717) is 66.9 Å². The summed E-state index contributed by atoms with van der Waals surface area (Å²) in [5.74, 6) is 1.76. The fourth-order valence-electron chi connectivity index (χ4n) is 5.79. The van der Waals surface area contributed by atoms with Crippen LogP contribution in [-0.2, 0) is 9.47 Å². The first-order valence-corrected chi connectivity index (χ1v) is 13.7. The number of hydrogen-bond donors (Lipinski definition) is 1. The number of piperidine rings is 1. The molecule has 0 atom stereocenters. The average molecular weight is 528 g/mol. The monoisotopic (exact) mass is 527 g/mol. The summed E-state index contributed by atoms with van der Waals surface area (Å²) in [6, 6.07) is 9.58. The molecule has 38 heavy (non-hydrogen) atoms. The van der Waals surface area contributed by atoms with Crippen LogP contribution >= 0.6 is 0 Å². The van der Waals surface area contributed by atoms with Crippen molar-refractivity contribution >= 4 is 22.8 Å². The maximum absolute atomic E-state index is 14.1. The van der Waals surface area contributed by atoms with Crippen LogP contribution < -0.4 is 10.2 Å². The number of nitrogens with zero attached hydrogens (tertiary/aromatic N) is 6. The lowest BCUT2D eigenvalue weighted by atomic mass is 9.94. The van der Waals surface area contributed by atoms with Crippen molar-refractivity contribution in [1.29, 1.82) is 0 Å². The Kier molecular flexibility index (Phi) is 7.66. The molecule has 3 fully saturated rings. The summed E-state index contributed by atoms with van der Waals surface area (Å²) in [4.78, 5) is 18.4. The lowest BCUT2D eigenvalue weighted by Gasteiger charge is -2.39. The van der Waals surface area contributed by atoms with E-state index in [1.165, 1.54) is 4.57 Å². The van der Waals surface area contributed by atoms with Crippen molar-refractivity contribution in [2.45, 2.75) is 38.2 Å². The molecule has 0 aliphatic carbocycles. The number of aromatic nitrogens is 4. The largest absolute Gasteiger partial charge is 0.381 e. The molecule has 3 aliphatic heterocycles. The number of hydrogen-bond acceptors (Lipinski definition) is 8. The molecule has 3 saturated heterocycles. The predicted octanol–water partition coefficient (Wildman–Crippen LogP) is 3.89. The van der Waals surface area contributed by atoms with E-state index < -0.39 is 6.43 Å². The lowest BCUT2D eigenvalue weighted by molar-refractivity contribution is 0.0219. The molecule has 11 heteroatoms. The highest BCUT2D eigenvalue weighted by molar-refractivity contribution is 5.78. The normalized spacial score (nSPS) is 20.4. The number of ether oxygens (including phenoxy) is 2. The number of likely N-dealkylation sites (tertiary alicyclic amines) is 1. The Morgan fingerprint density at radius 3 is 2.39 bits per heavy atom. The van der Waals surface area contributed by atoms with Gasteiger partial charge >= 0.3 is 0 Å². The van der Waals surface area contributed by atoms with Gasteiger partial charge in [-0.2, -0.15) is 9.97 Å². The number of imidazole rings is 1. The highest BCUT2D eigenvalue weighted by Crippen LogP contribution is 2.29. The summed E-state index contributed by atoms with van der Waals surface area (Å²) in [5, 5.41) is 3.52. The molecule has 0 unspecified atom stereocenters. The molecule has 0 radical (unpaired) electrons. The van der Waals surface area contributed by atoms with Gasteiger partial charge in [0.25, 0.3) is 6.43 Å². The molecular formula is C27H35F2N7O2. The number of rotatable bonds is 7. The summed E-state index contributed by atoms with van der Waals surface area (Å²) >= 11 is 0. The molecule has 9 nitrogen and oxygen atoms in total. The minimum Gasteiger partial charge on any atom is -0.381 e. The Morgan fingerprint density at radius 2 is 1.63 bits per heavy atom. The zero-order valence-electron chi connectivity index (χ0n) is 21.6. The molecule has 1 aromatic carbocycles. The second-order valence-corrected chi connectivity index (χ2v) is 10.3. The second-order valence-electron chi connectivity index (χ2n) is 10.3. The fourth-order valence-corrected chi connectivity index (χ4v) is 5.79. The minimum absolute atomic E-state index is 0.315. The van der Waals surface area contributed by atoms with Crippen LogP contribution in [0.1, 0.15) is 37.9 Å². The van der Waals surface area contributed by atoms with Gasteiger partial charge in [0.1, 0.15) is 11.6 Å². The van der Waals surface area contributed by atoms with E-state index in [4.69, 9.17) is 19.4 Å². The van der Waals surface area contributed by atoms with Crippen molar-refractivity contribution in [2.75, 3.05) is 69.4 Å².